The number of carbonyl (C=O) groups is 1. The van der Waals surface area contributed by atoms with Crippen LogP contribution in [0.1, 0.15) is 28.8 Å². The Morgan fingerprint density at radius 1 is 1.33 bits per heavy atom. The van der Waals surface area contributed by atoms with Crippen LogP contribution in [-0.4, -0.2) is 18.9 Å². The predicted molar refractivity (Wildman–Crippen MR) is 54.5 cm³/mol. The molecule has 2 nitrogen and oxygen atoms in total. The zero-order valence-corrected chi connectivity index (χ0v) is 8.35. The lowest BCUT2D eigenvalue weighted by Crippen LogP contribution is -2.26. The summed E-state index contributed by atoms with van der Waals surface area (Å²) >= 11 is 0. The second-order valence-corrected chi connectivity index (χ2v) is 4.50. The van der Waals surface area contributed by atoms with Gasteiger partial charge in [0.1, 0.15) is 5.82 Å². The Hall–Kier alpha value is -1.22. The zero-order chi connectivity index (χ0) is 10.5. The minimum absolute atomic E-state index is 0.00766. The molecule has 2 aliphatic rings. The van der Waals surface area contributed by atoms with Crippen molar-refractivity contribution in [2.75, 3.05) is 13.1 Å². The SMILES string of the molecule is O=C1CNCC2(CC2)c2ccc(F)cc21. The minimum atomic E-state index is -0.320. The van der Waals surface area contributed by atoms with E-state index in [9.17, 15) is 9.18 Å². The molecule has 0 unspecified atom stereocenters. The van der Waals surface area contributed by atoms with E-state index in [1.165, 1.54) is 12.1 Å². The van der Waals surface area contributed by atoms with Gasteiger partial charge < -0.3 is 5.32 Å². The Bertz CT molecular complexity index is 437. The summed E-state index contributed by atoms with van der Waals surface area (Å²) in [5.41, 5.74) is 1.74. The Kier molecular flexibility index (Phi) is 1.74. The van der Waals surface area contributed by atoms with Gasteiger partial charge in [-0.25, -0.2) is 4.39 Å². The molecule has 1 aromatic carbocycles. The van der Waals surface area contributed by atoms with Crippen LogP contribution in [0.15, 0.2) is 18.2 Å². The van der Waals surface area contributed by atoms with E-state index in [-0.39, 0.29) is 17.0 Å². The Morgan fingerprint density at radius 3 is 2.87 bits per heavy atom. The van der Waals surface area contributed by atoms with Crippen LogP contribution in [0, 0.1) is 5.82 Å². The Morgan fingerprint density at radius 2 is 2.13 bits per heavy atom. The van der Waals surface area contributed by atoms with Gasteiger partial charge in [0.25, 0.3) is 0 Å². The molecule has 1 aliphatic carbocycles. The summed E-state index contributed by atoms with van der Waals surface area (Å²) in [5.74, 6) is -0.312. The maximum absolute atomic E-state index is 13.1. The number of benzene rings is 1. The van der Waals surface area contributed by atoms with Crippen LogP contribution in [0.25, 0.3) is 0 Å². The van der Waals surface area contributed by atoms with Crippen molar-refractivity contribution < 1.29 is 9.18 Å². The standard InChI is InChI=1S/C12H12FNO/c13-8-1-2-10-9(5-8)11(15)6-14-7-12(10)3-4-12/h1-2,5,14H,3-4,6-7H2. The van der Waals surface area contributed by atoms with Gasteiger partial charge in [-0.15, -0.1) is 0 Å². The van der Waals surface area contributed by atoms with E-state index in [1.54, 1.807) is 6.07 Å². The lowest BCUT2D eigenvalue weighted by atomic mass is 9.91. The summed E-state index contributed by atoms with van der Waals surface area (Å²) in [6.45, 7) is 1.18. The first-order valence-electron chi connectivity index (χ1n) is 5.25. The molecule has 3 heteroatoms. The van der Waals surface area contributed by atoms with Crippen molar-refractivity contribution in [2.45, 2.75) is 18.3 Å². The summed E-state index contributed by atoms with van der Waals surface area (Å²) in [6.07, 6.45) is 2.21. The number of hydrogen-bond acceptors (Lipinski definition) is 2. The van der Waals surface area contributed by atoms with Crippen molar-refractivity contribution in [2.24, 2.45) is 0 Å². The lowest BCUT2D eigenvalue weighted by Gasteiger charge is -2.14. The molecule has 1 aromatic rings. The van der Waals surface area contributed by atoms with E-state index in [0.717, 1.165) is 24.9 Å². The van der Waals surface area contributed by atoms with Crippen LogP contribution in [0.3, 0.4) is 0 Å². The van der Waals surface area contributed by atoms with E-state index in [2.05, 4.69) is 5.32 Å². The second kappa shape index (κ2) is 2.89. The third kappa shape index (κ3) is 1.30. The van der Waals surface area contributed by atoms with Crippen LogP contribution in [0.5, 0.6) is 0 Å². The minimum Gasteiger partial charge on any atom is -0.309 e. The van der Waals surface area contributed by atoms with Crippen molar-refractivity contribution in [1.29, 1.82) is 0 Å². The highest BCUT2D eigenvalue weighted by atomic mass is 19.1. The van der Waals surface area contributed by atoms with E-state index in [4.69, 9.17) is 0 Å². The van der Waals surface area contributed by atoms with Gasteiger partial charge >= 0.3 is 0 Å². The average molecular weight is 205 g/mol. The molecule has 1 aliphatic heterocycles. The van der Waals surface area contributed by atoms with Gasteiger partial charge in [-0.1, -0.05) is 6.07 Å². The van der Waals surface area contributed by atoms with Gasteiger partial charge in [-0.2, -0.15) is 0 Å². The summed E-state index contributed by atoms with van der Waals surface area (Å²) in [6, 6.07) is 4.62. The number of hydrogen-bond donors (Lipinski definition) is 1. The molecule has 0 bridgehead atoms. The van der Waals surface area contributed by atoms with E-state index >= 15 is 0 Å². The highest BCUT2D eigenvalue weighted by Gasteiger charge is 2.47. The maximum Gasteiger partial charge on any atom is 0.176 e. The van der Waals surface area contributed by atoms with Crippen molar-refractivity contribution in [3.63, 3.8) is 0 Å². The van der Waals surface area contributed by atoms with E-state index in [0.29, 0.717) is 12.1 Å². The third-order valence-corrected chi connectivity index (χ3v) is 3.46. The van der Waals surface area contributed by atoms with Crippen LogP contribution in [0.4, 0.5) is 4.39 Å². The molecule has 3 rings (SSSR count). The van der Waals surface area contributed by atoms with Crippen LogP contribution in [-0.2, 0) is 5.41 Å². The highest BCUT2D eigenvalue weighted by Crippen LogP contribution is 2.49. The van der Waals surface area contributed by atoms with E-state index in [1.807, 2.05) is 0 Å². The predicted octanol–water partition coefficient (Wildman–Crippen LogP) is 1.64. The summed E-state index contributed by atoms with van der Waals surface area (Å²) < 4.78 is 13.1. The molecule has 1 N–H and O–H groups in total. The maximum atomic E-state index is 13.1. The molecular weight excluding hydrogens is 193 g/mol. The first-order chi connectivity index (χ1) is 7.21. The number of carbonyl (C=O) groups excluding carboxylic acids is 1. The highest BCUT2D eigenvalue weighted by molar-refractivity contribution is 6.00. The number of halogens is 1. The molecule has 0 radical (unpaired) electrons. The van der Waals surface area contributed by atoms with Crippen molar-refractivity contribution in [3.05, 3.63) is 35.1 Å². The fourth-order valence-corrected chi connectivity index (χ4v) is 2.41. The Balaban J connectivity index is 2.19. The Labute approximate surface area is 87.5 Å². The molecule has 15 heavy (non-hydrogen) atoms. The molecule has 1 spiro atoms. The summed E-state index contributed by atoms with van der Waals surface area (Å²) in [4.78, 5) is 11.7. The second-order valence-electron chi connectivity index (χ2n) is 4.50. The van der Waals surface area contributed by atoms with Crippen LogP contribution in [0.2, 0.25) is 0 Å². The van der Waals surface area contributed by atoms with E-state index < -0.39 is 0 Å². The smallest absolute Gasteiger partial charge is 0.176 e. The molecular formula is C12H12FNO. The largest absolute Gasteiger partial charge is 0.309 e. The van der Waals surface area contributed by atoms with Crippen molar-refractivity contribution >= 4 is 5.78 Å². The number of rotatable bonds is 0. The quantitative estimate of drug-likeness (QED) is 0.697. The molecule has 1 heterocycles. The molecule has 0 amide bonds. The first kappa shape index (κ1) is 9.04. The monoisotopic (exact) mass is 205 g/mol. The lowest BCUT2D eigenvalue weighted by molar-refractivity contribution is 0.0993. The molecule has 0 aromatic heterocycles. The normalized spacial score (nSPS) is 22.3. The van der Waals surface area contributed by atoms with Gasteiger partial charge in [0.15, 0.2) is 5.78 Å². The average Bonchev–Trinajstić information content (AvgIpc) is 2.99. The van der Waals surface area contributed by atoms with Gasteiger partial charge in [-0.05, 0) is 30.5 Å². The number of fused-ring (bicyclic) bond motifs is 2. The third-order valence-electron chi connectivity index (χ3n) is 3.46. The van der Waals surface area contributed by atoms with Gasteiger partial charge in [0, 0.05) is 17.5 Å². The fraction of sp³-hybridized carbons (Fsp3) is 0.417. The molecule has 78 valence electrons. The van der Waals surface area contributed by atoms with Gasteiger partial charge in [-0.3, -0.25) is 4.79 Å². The fourth-order valence-electron chi connectivity index (χ4n) is 2.41. The molecule has 1 saturated carbocycles. The number of nitrogens with one attached hydrogen (secondary N) is 1. The number of Topliss-reactive ketones (excluding diaryl/α,β-unsaturated/α-hetero) is 1. The topological polar surface area (TPSA) is 29.1 Å². The van der Waals surface area contributed by atoms with Crippen molar-refractivity contribution in [3.8, 4) is 0 Å². The van der Waals surface area contributed by atoms with Crippen molar-refractivity contribution in [1.82, 2.24) is 5.32 Å². The first-order valence-corrected chi connectivity index (χ1v) is 5.25. The van der Waals surface area contributed by atoms with Crippen LogP contribution >= 0.6 is 0 Å². The molecule has 1 fully saturated rings. The van der Waals surface area contributed by atoms with Crippen LogP contribution < -0.4 is 5.32 Å². The number of ketones is 1. The zero-order valence-electron chi connectivity index (χ0n) is 8.35. The van der Waals surface area contributed by atoms with Gasteiger partial charge in [0.05, 0.1) is 6.54 Å². The summed E-state index contributed by atoms with van der Waals surface area (Å²) in [7, 11) is 0. The summed E-state index contributed by atoms with van der Waals surface area (Å²) in [5, 5.41) is 3.14. The molecule has 0 saturated heterocycles. The van der Waals surface area contributed by atoms with Gasteiger partial charge in [0.2, 0.25) is 0 Å². The molecule has 0 atom stereocenters.